The van der Waals surface area contributed by atoms with Crippen LogP contribution in [0.4, 0.5) is 4.39 Å². The van der Waals surface area contributed by atoms with Crippen molar-refractivity contribution >= 4 is 15.9 Å². The highest BCUT2D eigenvalue weighted by Gasteiger charge is 2.11. The summed E-state index contributed by atoms with van der Waals surface area (Å²) >= 11 is 3.49. The third-order valence-electron chi connectivity index (χ3n) is 2.90. The highest BCUT2D eigenvalue weighted by Crippen LogP contribution is 2.23. The SMILES string of the molecule is COc1ccc(Cc2nc(C)n(C)c2Br)cc1F. The van der Waals surface area contributed by atoms with E-state index in [4.69, 9.17) is 4.74 Å². The normalized spacial score (nSPS) is 10.7. The third-order valence-corrected chi connectivity index (χ3v) is 3.89. The maximum Gasteiger partial charge on any atom is 0.165 e. The minimum absolute atomic E-state index is 0.259. The van der Waals surface area contributed by atoms with Gasteiger partial charge in [-0.15, -0.1) is 0 Å². The highest BCUT2D eigenvalue weighted by molar-refractivity contribution is 9.10. The van der Waals surface area contributed by atoms with Crippen LogP contribution in [0.1, 0.15) is 17.1 Å². The molecule has 5 heteroatoms. The monoisotopic (exact) mass is 312 g/mol. The standard InChI is InChI=1S/C13H14BrFN2O/c1-8-16-11(13(14)17(8)2)7-9-4-5-12(18-3)10(15)6-9/h4-6H,7H2,1-3H3. The van der Waals surface area contributed by atoms with Crippen molar-refractivity contribution in [1.82, 2.24) is 9.55 Å². The molecular formula is C13H14BrFN2O. The zero-order valence-electron chi connectivity index (χ0n) is 10.5. The van der Waals surface area contributed by atoms with E-state index < -0.39 is 0 Å². The molecule has 0 unspecified atom stereocenters. The van der Waals surface area contributed by atoms with E-state index in [-0.39, 0.29) is 11.6 Å². The van der Waals surface area contributed by atoms with Gasteiger partial charge in [-0.1, -0.05) is 6.07 Å². The van der Waals surface area contributed by atoms with Gasteiger partial charge in [0.15, 0.2) is 11.6 Å². The summed E-state index contributed by atoms with van der Waals surface area (Å²) in [5, 5.41) is 0. The molecule has 0 fully saturated rings. The van der Waals surface area contributed by atoms with Crippen LogP contribution in [0.2, 0.25) is 0 Å². The molecule has 0 N–H and O–H groups in total. The van der Waals surface area contributed by atoms with Crippen molar-refractivity contribution in [3.05, 3.63) is 45.7 Å². The predicted octanol–water partition coefficient (Wildman–Crippen LogP) is 3.23. The molecule has 0 radical (unpaired) electrons. The van der Waals surface area contributed by atoms with Gasteiger partial charge in [0.05, 0.1) is 12.8 Å². The highest BCUT2D eigenvalue weighted by atomic mass is 79.9. The number of ether oxygens (including phenoxy) is 1. The van der Waals surface area contributed by atoms with E-state index in [2.05, 4.69) is 20.9 Å². The average Bonchev–Trinajstić information content (AvgIpc) is 2.57. The number of aromatic nitrogens is 2. The molecule has 0 saturated heterocycles. The number of hydrogen-bond donors (Lipinski definition) is 0. The van der Waals surface area contributed by atoms with Gasteiger partial charge in [0.25, 0.3) is 0 Å². The van der Waals surface area contributed by atoms with Gasteiger partial charge in [0.1, 0.15) is 10.4 Å². The Labute approximate surface area is 114 Å². The second kappa shape index (κ2) is 5.10. The smallest absolute Gasteiger partial charge is 0.165 e. The van der Waals surface area contributed by atoms with E-state index in [1.807, 2.05) is 24.6 Å². The number of halogens is 2. The maximum absolute atomic E-state index is 13.6. The van der Waals surface area contributed by atoms with Crippen LogP contribution in [0.3, 0.4) is 0 Å². The fraction of sp³-hybridized carbons (Fsp3) is 0.308. The maximum atomic E-state index is 13.6. The molecule has 0 aliphatic rings. The zero-order chi connectivity index (χ0) is 13.3. The minimum Gasteiger partial charge on any atom is -0.494 e. The van der Waals surface area contributed by atoms with Crippen LogP contribution >= 0.6 is 15.9 Å². The van der Waals surface area contributed by atoms with Crippen molar-refractivity contribution in [2.45, 2.75) is 13.3 Å². The van der Waals surface area contributed by atoms with Crippen LogP contribution in [0.5, 0.6) is 5.75 Å². The first-order valence-corrected chi connectivity index (χ1v) is 6.32. The fourth-order valence-corrected chi connectivity index (χ4v) is 2.26. The van der Waals surface area contributed by atoms with Gasteiger partial charge in [0, 0.05) is 13.5 Å². The number of aryl methyl sites for hydroxylation is 1. The number of rotatable bonds is 3. The number of hydrogen-bond acceptors (Lipinski definition) is 2. The summed E-state index contributed by atoms with van der Waals surface area (Å²) in [4.78, 5) is 4.44. The van der Waals surface area contributed by atoms with Gasteiger partial charge < -0.3 is 9.30 Å². The van der Waals surface area contributed by atoms with Crippen LogP contribution in [0.25, 0.3) is 0 Å². The van der Waals surface area contributed by atoms with Crippen LogP contribution in [-0.2, 0) is 13.5 Å². The molecule has 1 heterocycles. The Kier molecular flexibility index (Phi) is 3.71. The fourth-order valence-electron chi connectivity index (χ4n) is 1.78. The van der Waals surface area contributed by atoms with Crippen molar-refractivity contribution in [2.24, 2.45) is 7.05 Å². The van der Waals surface area contributed by atoms with E-state index in [0.29, 0.717) is 6.42 Å². The molecule has 1 aromatic heterocycles. The predicted molar refractivity (Wildman–Crippen MR) is 71.4 cm³/mol. The summed E-state index contributed by atoms with van der Waals surface area (Å²) in [5.74, 6) is 0.833. The topological polar surface area (TPSA) is 27.1 Å². The summed E-state index contributed by atoms with van der Waals surface area (Å²) in [6, 6.07) is 4.96. The first-order valence-electron chi connectivity index (χ1n) is 5.53. The molecule has 3 nitrogen and oxygen atoms in total. The average molecular weight is 313 g/mol. The Morgan fingerprint density at radius 1 is 1.44 bits per heavy atom. The zero-order valence-corrected chi connectivity index (χ0v) is 12.1. The van der Waals surface area contributed by atoms with E-state index in [1.165, 1.54) is 13.2 Å². The largest absolute Gasteiger partial charge is 0.494 e. The molecule has 0 bridgehead atoms. The molecule has 2 rings (SSSR count). The van der Waals surface area contributed by atoms with Crippen molar-refractivity contribution in [1.29, 1.82) is 0 Å². The molecule has 2 aromatic rings. The van der Waals surface area contributed by atoms with Crippen molar-refractivity contribution < 1.29 is 9.13 Å². The van der Waals surface area contributed by atoms with Gasteiger partial charge in [-0.05, 0) is 40.5 Å². The molecule has 1 aromatic carbocycles. The lowest BCUT2D eigenvalue weighted by Gasteiger charge is -2.04. The van der Waals surface area contributed by atoms with Crippen molar-refractivity contribution in [2.75, 3.05) is 7.11 Å². The molecule has 0 atom stereocenters. The number of methoxy groups -OCH3 is 1. The molecule has 0 aliphatic carbocycles. The molecule has 0 saturated carbocycles. The summed E-state index contributed by atoms with van der Waals surface area (Å²) in [7, 11) is 3.39. The first kappa shape index (κ1) is 13.1. The van der Waals surface area contributed by atoms with Crippen molar-refractivity contribution in [3.63, 3.8) is 0 Å². The Morgan fingerprint density at radius 3 is 2.67 bits per heavy atom. The number of imidazole rings is 1. The summed E-state index contributed by atoms with van der Waals surface area (Å²) in [5.41, 5.74) is 1.77. The van der Waals surface area contributed by atoms with Crippen molar-refractivity contribution in [3.8, 4) is 5.75 Å². The number of benzene rings is 1. The van der Waals surface area contributed by atoms with Gasteiger partial charge in [-0.2, -0.15) is 0 Å². The van der Waals surface area contributed by atoms with Crippen LogP contribution in [0, 0.1) is 12.7 Å². The molecule has 0 amide bonds. The Hall–Kier alpha value is -1.36. The molecule has 0 spiro atoms. The van der Waals surface area contributed by atoms with E-state index in [0.717, 1.165) is 21.7 Å². The lowest BCUT2D eigenvalue weighted by atomic mass is 10.1. The van der Waals surface area contributed by atoms with E-state index in [9.17, 15) is 4.39 Å². The third kappa shape index (κ3) is 2.41. The molecule has 0 aliphatic heterocycles. The van der Waals surface area contributed by atoms with Crippen LogP contribution in [0.15, 0.2) is 22.8 Å². The van der Waals surface area contributed by atoms with Gasteiger partial charge in [-0.25, -0.2) is 9.37 Å². The molecule has 96 valence electrons. The Bertz CT molecular complexity index is 581. The molecule has 18 heavy (non-hydrogen) atoms. The number of nitrogens with zero attached hydrogens (tertiary/aromatic N) is 2. The lowest BCUT2D eigenvalue weighted by Crippen LogP contribution is -1.94. The lowest BCUT2D eigenvalue weighted by molar-refractivity contribution is 0.386. The summed E-state index contributed by atoms with van der Waals surface area (Å²) in [6.45, 7) is 1.93. The van der Waals surface area contributed by atoms with E-state index in [1.54, 1.807) is 6.07 Å². The van der Waals surface area contributed by atoms with Crippen LogP contribution < -0.4 is 4.74 Å². The Balaban J connectivity index is 2.28. The first-order chi connectivity index (χ1) is 8.52. The summed E-state index contributed by atoms with van der Waals surface area (Å²) in [6.07, 6.45) is 0.586. The minimum atomic E-state index is -0.348. The van der Waals surface area contributed by atoms with E-state index >= 15 is 0 Å². The molecular weight excluding hydrogens is 299 g/mol. The second-order valence-corrected chi connectivity index (χ2v) is 4.85. The summed E-state index contributed by atoms with van der Waals surface area (Å²) < 4.78 is 21.3. The Morgan fingerprint density at radius 2 is 2.17 bits per heavy atom. The van der Waals surface area contributed by atoms with Crippen LogP contribution in [-0.4, -0.2) is 16.7 Å². The second-order valence-electron chi connectivity index (χ2n) is 4.10. The quantitative estimate of drug-likeness (QED) is 0.870. The van der Waals surface area contributed by atoms with Gasteiger partial charge >= 0.3 is 0 Å². The van der Waals surface area contributed by atoms with Gasteiger partial charge in [-0.3, -0.25) is 0 Å². The van der Waals surface area contributed by atoms with Gasteiger partial charge in [0.2, 0.25) is 0 Å².